The Morgan fingerprint density at radius 2 is 2.00 bits per heavy atom. The number of halogens is 2. The molecule has 1 aliphatic heterocycles. The summed E-state index contributed by atoms with van der Waals surface area (Å²) >= 11 is 0. The molecule has 0 aromatic heterocycles. The molecule has 1 unspecified atom stereocenters. The number of rotatable bonds is 7. The SMILES string of the molecule is CCN(CC)C(=O)CCCC(=O)N1CCNCC1c1cccc(F)c1.Cl. The first-order valence-electron chi connectivity index (χ1n) is 9.10. The smallest absolute Gasteiger partial charge is 0.223 e. The van der Waals surface area contributed by atoms with Gasteiger partial charge in [-0.15, -0.1) is 12.4 Å². The molecule has 2 amide bonds. The van der Waals surface area contributed by atoms with Crippen LogP contribution >= 0.6 is 12.4 Å². The summed E-state index contributed by atoms with van der Waals surface area (Å²) in [7, 11) is 0. The molecule has 5 nitrogen and oxygen atoms in total. The van der Waals surface area contributed by atoms with Crippen LogP contribution in [0, 0.1) is 5.82 Å². The molecule has 1 saturated heterocycles. The van der Waals surface area contributed by atoms with Crippen LogP contribution in [0.5, 0.6) is 0 Å². The number of piperazine rings is 1. The minimum Gasteiger partial charge on any atom is -0.343 e. The van der Waals surface area contributed by atoms with Gasteiger partial charge in [0.05, 0.1) is 6.04 Å². The van der Waals surface area contributed by atoms with Crippen molar-refractivity contribution in [3.05, 3.63) is 35.6 Å². The van der Waals surface area contributed by atoms with Gasteiger partial charge >= 0.3 is 0 Å². The summed E-state index contributed by atoms with van der Waals surface area (Å²) in [6.45, 7) is 7.26. The van der Waals surface area contributed by atoms with E-state index in [9.17, 15) is 14.0 Å². The Kier molecular flexibility index (Phi) is 9.59. The van der Waals surface area contributed by atoms with E-state index in [1.807, 2.05) is 24.8 Å². The molecule has 0 spiro atoms. The van der Waals surface area contributed by atoms with Crippen molar-refractivity contribution in [1.29, 1.82) is 0 Å². The van der Waals surface area contributed by atoms with Crippen molar-refractivity contribution in [1.82, 2.24) is 15.1 Å². The third kappa shape index (κ3) is 5.95. The van der Waals surface area contributed by atoms with Crippen molar-refractivity contribution >= 4 is 24.2 Å². The lowest BCUT2D eigenvalue weighted by atomic mass is 10.0. The highest BCUT2D eigenvalue weighted by Gasteiger charge is 2.27. The zero-order valence-electron chi connectivity index (χ0n) is 15.5. The molecule has 1 aliphatic rings. The van der Waals surface area contributed by atoms with Crippen LogP contribution < -0.4 is 5.32 Å². The molecule has 7 heteroatoms. The third-order valence-corrected chi connectivity index (χ3v) is 4.69. The molecule has 1 heterocycles. The lowest BCUT2D eigenvalue weighted by Crippen LogP contribution is -2.48. The number of carbonyl (C=O) groups is 2. The van der Waals surface area contributed by atoms with Crippen molar-refractivity contribution in [3.8, 4) is 0 Å². The molecule has 1 aromatic rings. The van der Waals surface area contributed by atoms with Gasteiger partial charge in [-0.05, 0) is 38.0 Å². The van der Waals surface area contributed by atoms with Gasteiger partial charge in [0.25, 0.3) is 0 Å². The van der Waals surface area contributed by atoms with Crippen LogP contribution in [-0.4, -0.2) is 54.3 Å². The van der Waals surface area contributed by atoms with Crippen LogP contribution in [0.1, 0.15) is 44.7 Å². The van der Waals surface area contributed by atoms with Crippen molar-refractivity contribution in [2.75, 3.05) is 32.7 Å². The van der Waals surface area contributed by atoms with Gasteiger partial charge in [-0.3, -0.25) is 9.59 Å². The van der Waals surface area contributed by atoms with E-state index in [0.29, 0.717) is 45.4 Å². The Labute approximate surface area is 161 Å². The fraction of sp³-hybridized carbons (Fsp3) is 0.579. The van der Waals surface area contributed by atoms with E-state index in [1.165, 1.54) is 12.1 Å². The number of amides is 2. The monoisotopic (exact) mass is 385 g/mol. The maximum Gasteiger partial charge on any atom is 0.223 e. The standard InChI is InChI=1S/C19H28FN3O2.ClH/c1-3-22(4-2)18(24)9-6-10-19(25)23-12-11-21-14-17(23)15-7-5-8-16(20)13-15;/h5,7-8,13,17,21H,3-4,6,9-12,14H2,1-2H3;1H. The quantitative estimate of drug-likeness (QED) is 0.785. The van der Waals surface area contributed by atoms with Crippen molar-refractivity contribution < 1.29 is 14.0 Å². The Morgan fingerprint density at radius 3 is 2.65 bits per heavy atom. The van der Waals surface area contributed by atoms with Crippen LogP contribution in [-0.2, 0) is 9.59 Å². The number of nitrogens with one attached hydrogen (secondary N) is 1. The van der Waals surface area contributed by atoms with E-state index in [1.54, 1.807) is 11.0 Å². The van der Waals surface area contributed by atoms with Gasteiger partial charge in [0, 0.05) is 45.6 Å². The van der Waals surface area contributed by atoms with Gasteiger partial charge in [-0.2, -0.15) is 0 Å². The number of carbonyl (C=O) groups excluding carboxylic acids is 2. The highest BCUT2D eigenvalue weighted by Crippen LogP contribution is 2.24. The van der Waals surface area contributed by atoms with E-state index in [0.717, 1.165) is 12.1 Å². The summed E-state index contributed by atoms with van der Waals surface area (Å²) in [5.41, 5.74) is 0.805. The number of benzene rings is 1. The maximum absolute atomic E-state index is 13.5. The van der Waals surface area contributed by atoms with E-state index in [4.69, 9.17) is 0 Å². The summed E-state index contributed by atoms with van der Waals surface area (Å²) in [5.74, 6) is -0.164. The van der Waals surface area contributed by atoms with Crippen LogP contribution in [0.4, 0.5) is 4.39 Å². The summed E-state index contributed by atoms with van der Waals surface area (Å²) < 4.78 is 13.5. The topological polar surface area (TPSA) is 52.7 Å². The van der Waals surface area contributed by atoms with Crippen LogP contribution in [0.2, 0.25) is 0 Å². The average Bonchev–Trinajstić information content (AvgIpc) is 2.62. The molecule has 146 valence electrons. The van der Waals surface area contributed by atoms with Crippen molar-refractivity contribution in [3.63, 3.8) is 0 Å². The predicted octanol–water partition coefficient (Wildman–Crippen LogP) is 2.76. The predicted molar refractivity (Wildman–Crippen MR) is 103 cm³/mol. The lowest BCUT2D eigenvalue weighted by molar-refractivity contribution is -0.135. The maximum atomic E-state index is 13.5. The second-order valence-electron chi connectivity index (χ2n) is 6.28. The number of hydrogen-bond acceptors (Lipinski definition) is 3. The van der Waals surface area contributed by atoms with Gasteiger partial charge in [0.15, 0.2) is 0 Å². The van der Waals surface area contributed by atoms with E-state index < -0.39 is 0 Å². The minimum absolute atomic E-state index is 0. The Bertz CT molecular complexity index is 596. The molecule has 26 heavy (non-hydrogen) atoms. The first-order chi connectivity index (χ1) is 12.1. The zero-order valence-corrected chi connectivity index (χ0v) is 16.4. The van der Waals surface area contributed by atoms with Gasteiger partial charge in [0.1, 0.15) is 5.82 Å². The summed E-state index contributed by atoms with van der Waals surface area (Å²) in [4.78, 5) is 28.3. The van der Waals surface area contributed by atoms with Gasteiger partial charge in [-0.1, -0.05) is 12.1 Å². The molecule has 0 radical (unpaired) electrons. The van der Waals surface area contributed by atoms with E-state index in [-0.39, 0.29) is 36.1 Å². The van der Waals surface area contributed by atoms with Gasteiger partial charge in [-0.25, -0.2) is 4.39 Å². The second kappa shape index (κ2) is 11.1. The largest absolute Gasteiger partial charge is 0.343 e. The number of nitrogens with zero attached hydrogens (tertiary/aromatic N) is 2. The first kappa shape index (κ1) is 22.4. The molecule has 1 atom stereocenters. The summed E-state index contributed by atoms with van der Waals surface area (Å²) in [6.07, 6.45) is 1.29. The molecule has 1 fully saturated rings. The molecular weight excluding hydrogens is 357 g/mol. The molecule has 0 aliphatic carbocycles. The highest BCUT2D eigenvalue weighted by atomic mass is 35.5. The molecule has 1 N–H and O–H groups in total. The third-order valence-electron chi connectivity index (χ3n) is 4.69. The molecule has 0 saturated carbocycles. The lowest BCUT2D eigenvalue weighted by Gasteiger charge is -2.36. The average molecular weight is 386 g/mol. The van der Waals surface area contributed by atoms with Gasteiger partial charge < -0.3 is 15.1 Å². The van der Waals surface area contributed by atoms with E-state index in [2.05, 4.69) is 5.32 Å². The molecule has 2 rings (SSSR count). The fourth-order valence-corrected chi connectivity index (χ4v) is 3.28. The first-order valence-corrected chi connectivity index (χ1v) is 9.10. The van der Waals surface area contributed by atoms with E-state index >= 15 is 0 Å². The zero-order chi connectivity index (χ0) is 18.2. The Hall–Kier alpha value is -1.66. The number of hydrogen-bond donors (Lipinski definition) is 1. The second-order valence-corrected chi connectivity index (χ2v) is 6.28. The highest BCUT2D eigenvalue weighted by molar-refractivity contribution is 5.85. The Morgan fingerprint density at radius 1 is 1.27 bits per heavy atom. The van der Waals surface area contributed by atoms with Crippen LogP contribution in [0.25, 0.3) is 0 Å². The molecule has 1 aromatic carbocycles. The summed E-state index contributed by atoms with van der Waals surface area (Å²) in [5, 5.41) is 3.26. The van der Waals surface area contributed by atoms with Crippen LogP contribution in [0.3, 0.4) is 0 Å². The van der Waals surface area contributed by atoms with Crippen molar-refractivity contribution in [2.45, 2.75) is 39.2 Å². The van der Waals surface area contributed by atoms with Crippen LogP contribution in [0.15, 0.2) is 24.3 Å². The van der Waals surface area contributed by atoms with Crippen molar-refractivity contribution in [2.24, 2.45) is 0 Å². The minimum atomic E-state index is -0.291. The fourth-order valence-electron chi connectivity index (χ4n) is 3.28. The normalized spacial score (nSPS) is 16.7. The summed E-state index contributed by atoms with van der Waals surface area (Å²) in [6, 6.07) is 6.26. The van der Waals surface area contributed by atoms with Gasteiger partial charge in [0.2, 0.25) is 11.8 Å². The molecule has 0 bridgehead atoms. The Balaban J connectivity index is 0.00000338. The molecular formula is C19H29ClFN3O2.